The van der Waals surface area contributed by atoms with Crippen LogP contribution in [0, 0.1) is 12.8 Å². The largest absolute Gasteiger partial charge is 0.486 e. The standard InChI is InChI=1S/C23H24ClN3O3S/c1-14(2)11-25-22(28)16-4-9-19(15(3)10-16)27-23(29)20-13-31-21(26-20)12-30-18-7-5-17(24)6-8-18/h4-10,13-14H,11-12H2,1-3H3,(H,25,28)(H,27,29). The number of aryl methyl sites for hydroxylation is 1. The fourth-order valence-corrected chi connectivity index (χ4v) is 3.50. The molecule has 0 unspecified atom stereocenters. The van der Waals surface area contributed by atoms with Crippen molar-refractivity contribution in [3.05, 3.63) is 74.7 Å². The van der Waals surface area contributed by atoms with Crippen LogP contribution < -0.4 is 15.4 Å². The van der Waals surface area contributed by atoms with Crippen molar-refractivity contribution in [3.8, 4) is 5.75 Å². The fourth-order valence-electron chi connectivity index (χ4n) is 2.69. The summed E-state index contributed by atoms with van der Waals surface area (Å²) in [6, 6.07) is 12.2. The molecule has 0 saturated carbocycles. The van der Waals surface area contributed by atoms with Crippen LogP contribution in [0.5, 0.6) is 5.75 Å². The number of halogens is 1. The van der Waals surface area contributed by atoms with Crippen LogP contribution in [-0.4, -0.2) is 23.3 Å². The molecule has 0 radical (unpaired) electrons. The van der Waals surface area contributed by atoms with Gasteiger partial charge in [0.05, 0.1) is 0 Å². The third-order valence-electron chi connectivity index (χ3n) is 4.37. The summed E-state index contributed by atoms with van der Waals surface area (Å²) < 4.78 is 5.67. The first-order valence-corrected chi connectivity index (χ1v) is 11.1. The lowest BCUT2D eigenvalue weighted by atomic mass is 10.1. The summed E-state index contributed by atoms with van der Waals surface area (Å²) >= 11 is 7.22. The van der Waals surface area contributed by atoms with Gasteiger partial charge in [-0.15, -0.1) is 11.3 Å². The van der Waals surface area contributed by atoms with Crippen molar-refractivity contribution in [2.75, 3.05) is 11.9 Å². The van der Waals surface area contributed by atoms with Gasteiger partial charge in [-0.2, -0.15) is 0 Å². The summed E-state index contributed by atoms with van der Waals surface area (Å²) in [7, 11) is 0. The van der Waals surface area contributed by atoms with Gasteiger partial charge in [0.15, 0.2) is 0 Å². The molecule has 3 aromatic rings. The van der Waals surface area contributed by atoms with Gasteiger partial charge < -0.3 is 15.4 Å². The number of thiazole rings is 1. The number of carbonyl (C=O) groups is 2. The van der Waals surface area contributed by atoms with Crippen LogP contribution in [0.25, 0.3) is 0 Å². The minimum Gasteiger partial charge on any atom is -0.486 e. The number of hydrogen-bond donors (Lipinski definition) is 2. The Morgan fingerprint density at radius 3 is 2.55 bits per heavy atom. The molecule has 0 spiro atoms. The molecule has 2 amide bonds. The molecule has 2 aromatic carbocycles. The first kappa shape index (κ1) is 22.8. The van der Waals surface area contributed by atoms with Gasteiger partial charge >= 0.3 is 0 Å². The Kier molecular flexibility index (Phi) is 7.65. The maximum atomic E-state index is 12.6. The highest BCUT2D eigenvalue weighted by Crippen LogP contribution is 2.20. The smallest absolute Gasteiger partial charge is 0.275 e. The van der Waals surface area contributed by atoms with Gasteiger partial charge in [0.2, 0.25) is 0 Å². The number of amides is 2. The average molecular weight is 458 g/mol. The van der Waals surface area contributed by atoms with Crippen molar-refractivity contribution < 1.29 is 14.3 Å². The second-order valence-corrected chi connectivity index (χ2v) is 8.84. The third kappa shape index (κ3) is 6.54. The molecule has 8 heteroatoms. The summed E-state index contributed by atoms with van der Waals surface area (Å²) in [6.07, 6.45) is 0. The molecule has 0 saturated heterocycles. The van der Waals surface area contributed by atoms with Crippen LogP contribution in [0.3, 0.4) is 0 Å². The molecule has 0 atom stereocenters. The normalized spacial score (nSPS) is 10.7. The van der Waals surface area contributed by atoms with E-state index in [2.05, 4.69) is 15.6 Å². The molecule has 0 aliphatic heterocycles. The Morgan fingerprint density at radius 1 is 1.13 bits per heavy atom. The number of benzene rings is 2. The van der Waals surface area contributed by atoms with Crippen molar-refractivity contribution in [1.82, 2.24) is 10.3 Å². The lowest BCUT2D eigenvalue weighted by Gasteiger charge is -2.11. The molecule has 1 aromatic heterocycles. The summed E-state index contributed by atoms with van der Waals surface area (Å²) in [5, 5.41) is 8.76. The summed E-state index contributed by atoms with van der Waals surface area (Å²) in [4.78, 5) is 29.1. The molecule has 0 aliphatic rings. The Balaban J connectivity index is 1.58. The summed E-state index contributed by atoms with van der Waals surface area (Å²) in [5.41, 5.74) is 2.31. The number of rotatable bonds is 8. The highest BCUT2D eigenvalue weighted by atomic mass is 35.5. The maximum Gasteiger partial charge on any atom is 0.275 e. The highest BCUT2D eigenvalue weighted by molar-refractivity contribution is 7.09. The molecule has 1 heterocycles. The number of hydrogen-bond acceptors (Lipinski definition) is 5. The van der Waals surface area contributed by atoms with E-state index in [9.17, 15) is 9.59 Å². The zero-order chi connectivity index (χ0) is 22.4. The predicted octanol–water partition coefficient (Wildman–Crippen LogP) is 5.32. The van der Waals surface area contributed by atoms with Crippen LogP contribution in [0.4, 0.5) is 5.69 Å². The molecule has 2 N–H and O–H groups in total. The van der Waals surface area contributed by atoms with E-state index < -0.39 is 0 Å². The summed E-state index contributed by atoms with van der Waals surface area (Å²) in [6.45, 7) is 6.81. The van der Waals surface area contributed by atoms with Crippen LogP contribution >= 0.6 is 22.9 Å². The van der Waals surface area contributed by atoms with Gasteiger partial charge in [0, 0.05) is 28.2 Å². The molecule has 0 aliphatic carbocycles. The van der Waals surface area contributed by atoms with Crippen LogP contribution in [0.15, 0.2) is 47.8 Å². The van der Waals surface area contributed by atoms with Crippen molar-refractivity contribution in [3.63, 3.8) is 0 Å². The van der Waals surface area contributed by atoms with Crippen LogP contribution in [-0.2, 0) is 6.61 Å². The first-order valence-electron chi connectivity index (χ1n) is 9.85. The van der Waals surface area contributed by atoms with Gasteiger partial charge in [-0.25, -0.2) is 4.98 Å². The van der Waals surface area contributed by atoms with Gasteiger partial charge in [0.25, 0.3) is 11.8 Å². The maximum absolute atomic E-state index is 12.6. The van der Waals surface area contributed by atoms with Crippen molar-refractivity contribution >= 4 is 40.4 Å². The van der Waals surface area contributed by atoms with Gasteiger partial charge in [-0.1, -0.05) is 25.4 Å². The van der Waals surface area contributed by atoms with Crippen molar-refractivity contribution in [1.29, 1.82) is 0 Å². The topological polar surface area (TPSA) is 80.3 Å². The molecule has 6 nitrogen and oxygen atoms in total. The van der Waals surface area contributed by atoms with Crippen molar-refractivity contribution in [2.45, 2.75) is 27.4 Å². The van der Waals surface area contributed by atoms with E-state index in [0.29, 0.717) is 45.2 Å². The average Bonchev–Trinajstić information content (AvgIpc) is 3.22. The van der Waals surface area contributed by atoms with Gasteiger partial charge in [0.1, 0.15) is 23.1 Å². The van der Waals surface area contributed by atoms with E-state index in [1.807, 2.05) is 20.8 Å². The minimum atomic E-state index is -0.311. The molecule has 0 fully saturated rings. The Labute approximate surface area is 190 Å². The minimum absolute atomic E-state index is 0.125. The van der Waals surface area contributed by atoms with E-state index in [4.69, 9.17) is 16.3 Å². The Morgan fingerprint density at radius 2 is 1.87 bits per heavy atom. The summed E-state index contributed by atoms with van der Waals surface area (Å²) in [5.74, 6) is 0.621. The number of carbonyl (C=O) groups excluding carboxylic acids is 2. The lowest BCUT2D eigenvalue weighted by Crippen LogP contribution is -2.27. The molecule has 0 bridgehead atoms. The monoisotopic (exact) mass is 457 g/mol. The molecular weight excluding hydrogens is 434 g/mol. The Hall–Kier alpha value is -2.90. The number of ether oxygens (including phenoxy) is 1. The van der Waals surface area contributed by atoms with E-state index in [1.165, 1.54) is 11.3 Å². The highest BCUT2D eigenvalue weighted by Gasteiger charge is 2.14. The SMILES string of the molecule is Cc1cc(C(=O)NCC(C)C)ccc1NC(=O)c1csc(COc2ccc(Cl)cc2)n1. The molecular formula is C23H24ClN3O3S. The number of nitrogens with zero attached hydrogens (tertiary/aromatic N) is 1. The molecule has 162 valence electrons. The van der Waals surface area contributed by atoms with E-state index >= 15 is 0 Å². The second kappa shape index (κ2) is 10.4. The van der Waals surface area contributed by atoms with Crippen LogP contribution in [0.1, 0.15) is 45.3 Å². The van der Waals surface area contributed by atoms with Crippen LogP contribution in [0.2, 0.25) is 5.02 Å². The number of anilines is 1. The second-order valence-electron chi connectivity index (χ2n) is 7.46. The Bertz CT molecular complexity index is 1060. The van der Waals surface area contributed by atoms with Gasteiger partial charge in [-0.3, -0.25) is 9.59 Å². The van der Waals surface area contributed by atoms with Gasteiger partial charge in [-0.05, 0) is 60.9 Å². The fraction of sp³-hybridized carbons (Fsp3) is 0.261. The quantitative estimate of drug-likeness (QED) is 0.479. The zero-order valence-corrected chi connectivity index (χ0v) is 19.1. The first-order chi connectivity index (χ1) is 14.8. The lowest BCUT2D eigenvalue weighted by molar-refractivity contribution is 0.0948. The predicted molar refractivity (Wildman–Crippen MR) is 124 cm³/mol. The molecule has 31 heavy (non-hydrogen) atoms. The van der Waals surface area contributed by atoms with E-state index in [1.54, 1.807) is 47.8 Å². The van der Waals surface area contributed by atoms with E-state index in [0.717, 1.165) is 5.56 Å². The number of aromatic nitrogens is 1. The van der Waals surface area contributed by atoms with Crippen molar-refractivity contribution in [2.24, 2.45) is 5.92 Å². The zero-order valence-electron chi connectivity index (χ0n) is 17.6. The van der Waals surface area contributed by atoms with E-state index in [-0.39, 0.29) is 18.4 Å². The molecule has 3 rings (SSSR count). The third-order valence-corrected chi connectivity index (χ3v) is 5.44. The number of nitrogens with one attached hydrogen (secondary N) is 2.